The van der Waals surface area contributed by atoms with Crippen LogP contribution in [-0.4, -0.2) is 55.4 Å². The van der Waals surface area contributed by atoms with Crippen LogP contribution in [0.2, 0.25) is 0 Å². The largest absolute Gasteiger partial charge is 0.495 e. The van der Waals surface area contributed by atoms with Crippen molar-refractivity contribution in [2.75, 3.05) is 38.0 Å². The summed E-state index contributed by atoms with van der Waals surface area (Å²) >= 11 is 4.26. The van der Waals surface area contributed by atoms with Crippen LogP contribution >= 0.6 is 23.5 Å². The monoisotopic (exact) mass is 470 g/mol. The summed E-state index contributed by atoms with van der Waals surface area (Å²) in [5.74, 6) is 4.02. The highest BCUT2D eigenvalue weighted by Gasteiger charge is 2.55. The molecule has 1 aliphatic heterocycles. The first kappa shape index (κ1) is 22.3. The maximum Gasteiger partial charge on any atom is 0.242 e. The fourth-order valence-electron chi connectivity index (χ4n) is 5.21. The van der Waals surface area contributed by atoms with Crippen molar-refractivity contribution in [3.63, 3.8) is 0 Å². The van der Waals surface area contributed by atoms with Crippen molar-refractivity contribution in [3.05, 3.63) is 18.2 Å². The van der Waals surface area contributed by atoms with Crippen LogP contribution in [0.5, 0.6) is 5.75 Å². The zero-order valence-electron chi connectivity index (χ0n) is 17.7. The molecule has 0 aromatic heterocycles. The SMILES string of the molecule is COc1ccc(S(=O)(=O)N(C)C)cc1NC(=O)C1C[C@H]2CCC[C@@H](C1)C21SCCS1. The van der Waals surface area contributed by atoms with Crippen LogP contribution in [-0.2, 0) is 14.8 Å². The van der Waals surface area contributed by atoms with Gasteiger partial charge in [-0.2, -0.15) is 0 Å². The lowest BCUT2D eigenvalue weighted by molar-refractivity contribution is -0.122. The first-order valence-electron chi connectivity index (χ1n) is 10.5. The van der Waals surface area contributed by atoms with E-state index in [2.05, 4.69) is 28.8 Å². The Morgan fingerprint density at radius 2 is 1.80 bits per heavy atom. The highest BCUT2D eigenvalue weighted by Crippen LogP contribution is 2.64. The fourth-order valence-corrected chi connectivity index (χ4v) is 10.1. The van der Waals surface area contributed by atoms with E-state index in [0.717, 1.165) is 12.8 Å². The predicted octanol–water partition coefficient (Wildman–Crippen LogP) is 3.89. The smallest absolute Gasteiger partial charge is 0.242 e. The highest BCUT2D eigenvalue weighted by molar-refractivity contribution is 8.21. The van der Waals surface area contributed by atoms with E-state index in [4.69, 9.17) is 4.74 Å². The number of hydrogen-bond acceptors (Lipinski definition) is 6. The van der Waals surface area contributed by atoms with Crippen LogP contribution in [0.25, 0.3) is 0 Å². The third-order valence-corrected chi connectivity index (χ3v) is 12.5. The zero-order valence-corrected chi connectivity index (χ0v) is 20.2. The Morgan fingerprint density at radius 3 is 2.37 bits per heavy atom. The highest BCUT2D eigenvalue weighted by atomic mass is 32.2. The minimum Gasteiger partial charge on any atom is -0.495 e. The third kappa shape index (κ3) is 3.87. The number of nitrogens with one attached hydrogen (secondary N) is 1. The molecule has 1 unspecified atom stereocenters. The van der Waals surface area contributed by atoms with E-state index >= 15 is 0 Å². The van der Waals surface area contributed by atoms with E-state index in [1.165, 1.54) is 68.4 Å². The van der Waals surface area contributed by atoms with Gasteiger partial charge in [0.15, 0.2) is 0 Å². The van der Waals surface area contributed by atoms with Crippen molar-refractivity contribution in [3.8, 4) is 5.75 Å². The number of benzene rings is 1. The summed E-state index contributed by atoms with van der Waals surface area (Å²) in [6.45, 7) is 0. The molecule has 1 amide bonds. The molecule has 166 valence electrons. The Balaban J connectivity index is 1.54. The molecule has 2 saturated carbocycles. The number of amides is 1. The Morgan fingerprint density at radius 1 is 1.17 bits per heavy atom. The minimum absolute atomic E-state index is 0.0209. The second kappa shape index (κ2) is 8.56. The van der Waals surface area contributed by atoms with Gasteiger partial charge in [-0.15, -0.1) is 23.5 Å². The first-order chi connectivity index (χ1) is 14.3. The van der Waals surface area contributed by atoms with Crippen molar-refractivity contribution >= 4 is 45.1 Å². The number of carbonyl (C=O) groups excluding carboxylic acids is 1. The van der Waals surface area contributed by atoms with E-state index in [-0.39, 0.29) is 16.7 Å². The molecular formula is C21H30N2O4S3. The van der Waals surface area contributed by atoms with Crippen LogP contribution in [0.4, 0.5) is 5.69 Å². The summed E-state index contributed by atoms with van der Waals surface area (Å²) in [5, 5.41) is 2.99. The van der Waals surface area contributed by atoms with Crippen LogP contribution < -0.4 is 10.1 Å². The summed E-state index contributed by atoms with van der Waals surface area (Å²) in [4.78, 5) is 13.4. The van der Waals surface area contributed by atoms with Crippen LogP contribution in [0.15, 0.2) is 23.1 Å². The minimum atomic E-state index is -3.59. The number of methoxy groups -OCH3 is 1. The van der Waals surface area contributed by atoms with E-state index in [1.807, 2.05) is 0 Å². The molecule has 3 atom stereocenters. The normalized spacial score (nSPS) is 27.9. The molecule has 0 radical (unpaired) electrons. The topological polar surface area (TPSA) is 75.7 Å². The average Bonchev–Trinajstić information content (AvgIpc) is 3.17. The molecule has 1 heterocycles. The number of nitrogens with zero attached hydrogens (tertiary/aromatic N) is 1. The van der Waals surface area contributed by atoms with Crippen LogP contribution in [0, 0.1) is 17.8 Å². The number of anilines is 1. The molecular weight excluding hydrogens is 440 g/mol. The van der Waals surface area contributed by atoms with Crippen molar-refractivity contribution in [1.82, 2.24) is 4.31 Å². The van der Waals surface area contributed by atoms with E-state index in [1.54, 1.807) is 6.07 Å². The number of carbonyl (C=O) groups is 1. The van der Waals surface area contributed by atoms with Gasteiger partial charge in [0.05, 0.1) is 21.8 Å². The van der Waals surface area contributed by atoms with E-state index in [0.29, 0.717) is 27.4 Å². The number of thioether (sulfide) groups is 2. The Hall–Kier alpha value is -0.900. The number of rotatable bonds is 5. The molecule has 2 bridgehead atoms. The van der Waals surface area contributed by atoms with Gasteiger partial charge in [0.2, 0.25) is 15.9 Å². The molecule has 1 saturated heterocycles. The molecule has 3 fully saturated rings. The lowest BCUT2D eigenvalue weighted by Crippen LogP contribution is -2.48. The maximum absolute atomic E-state index is 13.2. The van der Waals surface area contributed by atoms with Crippen molar-refractivity contribution in [2.24, 2.45) is 17.8 Å². The Kier molecular flexibility index (Phi) is 6.36. The Bertz CT molecular complexity index is 897. The fraction of sp³-hybridized carbons (Fsp3) is 0.667. The summed E-state index contributed by atoms with van der Waals surface area (Å²) in [7, 11) is 0.918. The Labute approximate surface area is 187 Å². The van der Waals surface area contributed by atoms with Crippen molar-refractivity contribution in [1.29, 1.82) is 0 Å². The molecule has 1 N–H and O–H groups in total. The summed E-state index contributed by atoms with van der Waals surface area (Å²) in [6.07, 6.45) is 5.52. The summed E-state index contributed by atoms with van der Waals surface area (Å²) in [6, 6.07) is 4.61. The van der Waals surface area contributed by atoms with Gasteiger partial charge in [-0.25, -0.2) is 12.7 Å². The molecule has 1 aromatic carbocycles. The molecule has 3 aliphatic rings. The van der Waals surface area contributed by atoms with Gasteiger partial charge in [-0.05, 0) is 55.7 Å². The van der Waals surface area contributed by atoms with Gasteiger partial charge in [-0.3, -0.25) is 4.79 Å². The number of ether oxygens (including phenoxy) is 1. The second-order valence-electron chi connectivity index (χ2n) is 8.55. The van der Waals surface area contributed by atoms with Gasteiger partial charge in [0.1, 0.15) is 5.75 Å². The maximum atomic E-state index is 13.2. The molecule has 6 nitrogen and oxygen atoms in total. The first-order valence-corrected chi connectivity index (χ1v) is 13.9. The van der Waals surface area contributed by atoms with Crippen molar-refractivity contribution in [2.45, 2.75) is 41.1 Å². The van der Waals surface area contributed by atoms with Gasteiger partial charge < -0.3 is 10.1 Å². The molecule has 4 rings (SSSR count). The van der Waals surface area contributed by atoms with Crippen LogP contribution in [0.3, 0.4) is 0 Å². The summed E-state index contributed by atoms with van der Waals surface area (Å²) in [5.41, 5.74) is 0.417. The van der Waals surface area contributed by atoms with Crippen LogP contribution in [0.1, 0.15) is 32.1 Å². The van der Waals surface area contributed by atoms with E-state index in [9.17, 15) is 13.2 Å². The third-order valence-electron chi connectivity index (χ3n) is 6.70. The molecule has 1 aromatic rings. The van der Waals surface area contributed by atoms with Gasteiger partial charge in [0, 0.05) is 31.5 Å². The molecule has 9 heteroatoms. The van der Waals surface area contributed by atoms with Crippen molar-refractivity contribution < 1.29 is 17.9 Å². The quantitative estimate of drug-likeness (QED) is 0.704. The lowest BCUT2D eigenvalue weighted by atomic mass is 9.67. The van der Waals surface area contributed by atoms with Gasteiger partial charge in [-0.1, -0.05) is 6.42 Å². The lowest BCUT2D eigenvalue weighted by Gasteiger charge is -2.52. The zero-order chi connectivity index (χ0) is 21.5. The van der Waals surface area contributed by atoms with Gasteiger partial charge >= 0.3 is 0 Å². The average molecular weight is 471 g/mol. The standard InChI is InChI=1S/C21H30N2O4S3/c1-23(2)30(25,26)17-7-8-19(27-3)18(13-17)22-20(24)14-11-15-5-4-6-16(12-14)21(15)28-9-10-29-21/h7-8,13-16H,4-6,9-12H2,1-3H3,(H,22,24)/t14?,15-,16+. The molecule has 2 aliphatic carbocycles. The molecule has 30 heavy (non-hydrogen) atoms. The summed E-state index contributed by atoms with van der Waals surface area (Å²) < 4.78 is 31.9. The van der Waals surface area contributed by atoms with Gasteiger partial charge in [0.25, 0.3) is 0 Å². The number of hydrogen-bond donors (Lipinski definition) is 1. The molecule has 1 spiro atoms. The number of sulfonamides is 1. The second-order valence-corrected chi connectivity index (χ2v) is 13.7. The predicted molar refractivity (Wildman–Crippen MR) is 124 cm³/mol. The van der Waals surface area contributed by atoms with E-state index < -0.39 is 10.0 Å².